The second-order valence-corrected chi connectivity index (χ2v) is 6.33. The Morgan fingerprint density at radius 2 is 2.00 bits per heavy atom. The first kappa shape index (κ1) is 14.4. The van der Waals surface area contributed by atoms with E-state index < -0.39 is 11.2 Å². The van der Waals surface area contributed by atoms with Crippen molar-refractivity contribution in [3.05, 3.63) is 23.5 Å². The summed E-state index contributed by atoms with van der Waals surface area (Å²) in [4.78, 5) is 4.15. The summed E-state index contributed by atoms with van der Waals surface area (Å²) in [6, 6.07) is 3.02. The van der Waals surface area contributed by atoms with Crippen LogP contribution in [0.15, 0.2) is 17.6 Å². The summed E-state index contributed by atoms with van der Waals surface area (Å²) in [5.74, 6) is -0.281. The largest absolute Gasteiger partial charge is 0.427 e. The Morgan fingerprint density at radius 3 is 2.63 bits per heavy atom. The first-order valence-electron chi connectivity index (χ1n) is 5.97. The molecule has 1 radical (unpaired) electrons. The van der Waals surface area contributed by atoms with Crippen molar-refractivity contribution in [2.75, 3.05) is 0 Å². The zero-order valence-electron chi connectivity index (χ0n) is 11.4. The van der Waals surface area contributed by atoms with Crippen molar-refractivity contribution in [1.29, 1.82) is 0 Å². The molecule has 1 aromatic carbocycles. The van der Waals surface area contributed by atoms with Crippen molar-refractivity contribution in [1.82, 2.24) is 4.98 Å². The summed E-state index contributed by atoms with van der Waals surface area (Å²) in [6.45, 7) is 6.96. The molecule has 1 heterocycles. The molecule has 2 aromatic rings. The number of rotatable bonds is 4. The first-order valence-corrected chi connectivity index (χ1v) is 6.85. The van der Waals surface area contributed by atoms with E-state index in [0.717, 1.165) is 0 Å². The minimum Gasteiger partial charge on any atom is -0.427 e. The summed E-state index contributed by atoms with van der Waals surface area (Å²) in [6.07, 6.45) is 0. The van der Waals surface area contributed by atoms with Crippen molar-refractivity contribution < 1.29 is 14.2 Å². The second kappa shape index (κ2) is 4.85. The Balaban J connectivity index is 2.24. The van der Waals surface area contributed by atoms with Crippen LogP contribution in [0, 0.1) is 5.82 Å². The molecule has 0 fully saturated rings. The lowest BCUT2D eigenvalue weighted by molar-refractivity contribution is -0.0893. The Kier molecular flexibility index (Phi) is 3.68. The molecule has 0 spiro atoms. The maximum Gasteiger partial charge on any atom is 0.333 e. The second-order valence-electron chi connectivity index (χ2n) is 5.47. The molecule has 3 nitrogen and oxygen atoms in total. The normalized spacial score (nSPS) is 12.9. The van der Waals surface area contributed by atoms with Gasteiger partial charge in [0.25, 0.3) is 0 Å². The average molecular weight is 280 g/mol. The van der Waals surface area contributed by atoms with Gasteiger partial charge in [-0.1, -0.05) is 6.07 Å². The molecule has 2 rings (SSSR count). The topological polar surface area (TPSA) is 42.4 Å². The van der Waals surface area contributed by atoms with Crippen LogP contribution in [0.25, 0.3) is 10.2 Å². The maximum absolute atomic E-state index is 13.5. The van der Waals surface area contributed by atoms with E-state index >= 15 is 0 Å². The monoisotopic (exact) mass is 280 g/mol. The average Bonchev–Trinajstić information content (AvgIpc) is 2.76. The Morgan fingerprint density at radius 1 is 1.32 bits per heavy atom. The molecule has 0 unspecified atom stereocenters. The minimum atomic E-state index is -0.995. The summed E-state index contributed by atoms with van der Waals surface area (Å²) < 4.78 is 19.7. The van der Waals surface area contributed by atoms with Gasteiger partial charge in [0.1, 0.15) is 5.82 Å². The SMILES string of the molecule is CC(C)(O)C(C)(C)O[B]c1ccc(F)c2scnc12. The highest BCUT2D eigenvalue weighted by Gasteiger charge is 2.35. The number of thiazole rings is 1. The van der Waals surface area contributed by atoms with Crippen molar-refractivity contribution in [3.8, 4) is 0 Å². The molecule has 0 amide bonds. The van der Waals surface area contributed by atoms with Crippen LogP contribution in [-0.2, 0) is 4.65 Å². The number of benzene rings is 1. The van der Waals surface area contributed by atoms with E-state index in [1.54, 1.807) is 39.3 Å². The van der Waals surface area contributed by atoms with Crippen molar-refractivity contribution >= 4 is 34.5 Å². The molecule has 0 bridgehead atoms. The molecule has 0 aliphatic rings. The third-order valence-corrected chi connectivity index (χ3v) is 4.26. The molecule has 1 N–H and O–H groups in total. The van der Waals surface area contributed by atoms with Gasteiger partial charge >= 0.3 is 7.48 Å². The minimum absolute atomic E-state index is 0.281. The van der Waals surface area contributed by atoms with Crippen molar-refractivity contribution in [2.45, 2.75) is 38.9 Å². The Hall–Kier alpha value is -0.975. The smallest absolute Gasteiger partial charge is 0.333 e. The van der Waals surface area contributed by atoms with Gasteiger partial charge in [0.15, 0.2) is 0 Å². The first-order chi connectivity index (χ1) is 8.72. The number of aromatic nitrogens is 1. The van der Waals surface area contributed by atoms with Gasteiger partial charge in [0.05, 0.1) is 26.9 Å². The highest BCUT2D eigenvalue weighted by molar-refractivity contribution is 7.17. The number of halogens is 1. The molecule has 0 atom stereocenters. The molecule has 101 valence electrons. The molecule has 0 saturated carbocycles. The fraction of sp³-hybridized carbons (Fsp3) is 0.462. The molecule has 19 heavy (non-hydrogen) atoms. The predicted octanol–water partition coefficient (Wildman–Crippen LogP) is 2.25. The van der Waals surface area contributed by atoms with E-state index in [2.05, 4.69) is 4.98 Å². The molecule has 0 saturated heterocycles. The van der Waals surface area contributed by atoms with Crippen LogP contribution in [0.2, 0.25) is 0 Å². The van der Waals surface area contributed by atoms with Gasteiger partial charge in [-0.15, -0.1) is 11.3 Å². The summed E-state index contributed by atoms with van der Waals surface area (Å²) in [5, 5.41) is 10.0. The van der Waals surface area contributed by atoms with Crippen LogP contribution in [0.4, 0.5) is 4.39 Å². The van der Waals surface area contributed by atoms with E-state index in [-0.39, 0.29) is 5.82 Å². The van der Waals surface area contributed by atoms with Gasteiger partial charge < -0.3 is 9.76 Å². The molecular weight excluding hydrogens is 264 g/mol. The quantitative estimate of drug-likeness (QED) is 0.873. The van der Waals surface area contributed by atoms with E-state index in [1.807, 2.05) is 0 Å². The zero-order valence-corrected chi connectivity index (χ0v) is 12.2. The van der Waals surface area contributed by atoms with Gasteiger partial charge in [-0.25, -0.2) is 9.37 Å². The lowest BCUT2D eigenvalue weighted by Crippen LogP contribution is -2.49. The van der Waals surface area contributed by atoms with Gasteiger partial charge in [-0.05, 0) is 39.2 Å². The molecule has 1 aromatic heterocycles. The Bertz CT molecular complexity index is 592. The fourth-order valence-electron chi connectivity index (χ4n) is 1.39. The van der Waals surface area contributed by atoms with E-state index in [1.165, 1.54) is 24.9 Å². The van der Waals surface area contributed by atoms with Crippen LogP contribution < -0.4 is 5.46 Å². The highest BCUT2D eigenvalue weighted by Crippen LogP contribution is 2.25. The number of hydrogen-bond donors (Lipinski definition) is 1. The Labute approximate surface area is 116 Å². The summed E-state index contributed by atoms with van der Waals surface area (Å²) >= 11 is 1.26. The summed E-state index contributed by atoms with van der Waals surface area (Å²) in [5.41, 5.74) is 1.13. The van der Waals surface area contributed by atoms with Gasteiger partial charge in [0, 0.05) is 0 Å². The number of fused-ring (bicyclic) bond motifs is 1. The molecule has 6 heteroatoms. The van der Waals surface area contributed by atoms with Crippen LogP contribution in [-0.4, -0.2) is 28.8 Å². The van der Waals surface area contributed by atoms with Crippen molar-refractivity contribution in [3.63, 3.8) is 0 Å². The van der Waals surface area contributed by atoms with Crippen LogP contribution in [0.1, 0.15) is 27.7 Å². The highest BCUT2D eigenvalue weighted by atomic mass is 32.1. The summed E-state index contributed by atoms with van der Waals surface area (Å²) in [7, 11) is 1.53. The van der Waals surface area contributed by atoms with Gasteiger partial charge in [0.2, 0.25) is 0 Å². The number of nitrogens with zero attached hydrogens (tertiary/aromatic N) is 1. The van der Waals surface area contributed by atoms with Crippen LogP contribution >= 0.6 is 11.3 Å². The molecule has 0 aliphatic carbocycles. The van der Waals surface area contributed by atoms with Crippen LogP contribution in [0.5, 0.6) is 0 Å². The number of aliphatic hydroxyl groups is 1. The molecule has 0 aliphatic heterocycles. The van der Waals surface area contributed by atoms with E-state index in [0.29, 0.717) is 15.7 Å². The van der Waals surface area contributed by atoms with E-state index in [4.69, 9.17) is 4.65 Å². The van der Waals surface area contributed by atoms with Gasteiger partial charge in [-0.3, -0.25) is 0 Å². The number of hydrogen-bond acceptors (Lipinski definition) is 4. The van der Waals surface area contributed by atoms with Gasteiger partial charge in [-0.2, -0.15) is 0 Å². The zero-order chi connectivity index (χ0) is 14.3. The van der Waals surface area contributed by atoms with E-state index in [9.17, 15) is 9.50 Å². The third-order valence-electron chi connectivity index (χ3n) is 3.42. The predicted molar refractivity (Wildman–Crippen MR) is 76.4 cm³/mol. The standard InChI is InChI=1S/C13H16BFNO2S/c1-12(2,17)13(3,4)18-14-8-5-6-9(15)11-10(8)16-7-19-11/h5-7,17H,1-4H3. The maximum atomic E-state index is 13.5. The third kappa shape index (κ3) is 2.80. The lowest BCUT2D eigenvalue weighted by Gasteiger charge is -2.37. The van der Waals surface area contributed by atoms with Crippen molar-refractivity contribution in [2.24, 2.45) is 0 Å². The molecular formula is C13H16BFNO2S. The van der Waals surface area contributed by atoms with Crippen LogP contribution in [0.3, 0.4) is 0 Å². The fourth-order valence-corrected chi connectivity index (χ4v) is 2.12. The lowest BCUT2D eigenvalue weighted by atomic mass is 9.82.